The molecule has 0 aliphatic carbocycles. The molecule has 0 amide bonds. The molecule has 3 atom stereocenters. The fraction of sp³-hybridized carbons (Fsp3) is 0.833. The van der Waals surface area contributed by atoms with Crippen molar-refractivity contribution < 1.29 is 20.1 Å². The van der Waals surface area contributed by atoms with Crippen LogP contribution in [0.4, 0.5) is 0 Å². The first-order chi connectivity index (χ1) is 5.16. The van der Waals surface area contributed by atoms with E-state index in [0.717, 1.165) is 0 Å². The minimum absolute atomic E-state index is 0.116. The standard InChI is InChI=1S/C6H9NO4/c7-2-6(3-8)5(10)4(9)1-11-6/h4-5,8-10H,1,3H2. The largest absolute Gasteiger partial charge is 0.392 e. The lowest BCUT2D eigenvalue weighted by Gasteiger charge is -2.20. The number of ether oxygens (including phenoxy) is 1. The summed E-state index contributed by atoms with van der Waals surface area (Å²) in [5, 5.41) is 35.3. The third-order valence-corrected chi connectivity index (χ3v) is 1.78. The van der Waals surface area contributed by atoms with Gasteiger partial charge in [-0.15, -0.1) is 0 Å². The van der Waals surface area contributed by atoms with Crippen LogP contribution in [0.1, 0.15) is 0 Å². The molecule has 0 radical (unpaired) electrons. The van der Waals surface area contributed by atoms with Gasteiger partial charge in [0, 0.05) is 0 Å². The second-order valence-electron chi connectivity index (χ2n) is 2.48. The van der Waals surface area contributed by atoms with Gasteiger partial charge in [0.05, 0.1) is 13.2 Å². The van der Waals surface area contributed by atoms with E-state index >= 15 is 0 Å². The van der Waals surface area contributed by atoms with Crippen molar-refractivity contribution in [1.29, 1.82) is 5.26 Å². The molecule has 5 nitrogen and oxygen atoms in total. The van der Waals surface area contributed by atoms with Gasteiger partial charge in [-0.3, -0.25) is 0 Å². The van der Waals surface area contributed by atoms with Crippen LogP contribution in [0.2, 0.25) is 0 Å². The van der Waals surface area contributed by atoms with Gasteiger partial charge >= 0.3 is 0 Å². The maximum Gasteiger partial charge on any atom is 0.205 e. The first-order valence-electron chi connectivity index (χ1n) is 3.18. The Hall–Kier alpha value is -0.670. The normalized spacial score (nSPS) is 43.8. The molecule has 3 N–H and O–H groups in total. The lowest BCUT2D eigenvalue weighted by Crippen LogP contribution is -2.44. The second-order valence-corrected chi connectivity index (χ2v) is 2.48. The lowest BCUT2D eigenvalue weighted by molar-refractivity contribution is -0.0554. The number of hydrogen-bond acceptors (Lipinski definition) is 5. The maximum atomic E-state index is 9.15. The number of aliphatic hydroxyl groups excluding tert-OH is 3. The molecule has 1 heterocycles. The summed E-state index contributed by atoms with van der Waals surface area (Å²) in [6.07, 6.45) is -2.40. The Bertz CT molecular complexity index is 190. The lowest BCUT2D eigenvalue weighted by atomic mass is 9.99. The minimum atomic E-state index is -1.63. The highest BCUT2D eigenvalue weighted by atomic mass is 16.6. The summed E-state index contributed by atoms with van der Waals surface area (Å²) in [5.41, 5.74) is -1.63. The smallest absolute Gasteiger partial charge is 0.205 e. The summed E-state index contributed by atoms with van der Waals surface area (Å²) in [5.74, 6) is 0. The number of nitrogens with zero attached hydrogens (tertiary/aromatic N) is 1. The van der Waals surface area contributed by atoms with E-state index in [1.807, 2.05) is 0 Å². The van der Waals surface area contributed by atoms with Crippen molar-refractivity contribution in [3.8, 4) is 6.07 Å². The van der Waals surface area contributed by atoms with Gasteiger partial charge < -0.3 is 20.1 Å². The summed E-state index contributed by atoms with van der Waals surface area (Å²) >= 11 is 0. The highest BCUT2D eigenvalue weighted by molar-refractivity contribution is 5.12. The SMILES string of the molecule is N#CC1(CO)OCC(O)C1O. The van der Waals surface area contributed by atoms with E-state index < -0.39 is 24.4 Å². The molecule has 1 rings (SSSR count). The van der Waals surface area contributed by atoms with Crippen molar-refractivity contribution in [1.82, 2.24) is 0 Å². The van der Waals surface area contributed by atoms with Crippen LogP contribution >= 0.6 is 0 Å². The van der Waals surface area contributed by atoms with E-state index in [1.165, 1.54) is 0 Å². The van der Waals surface area contributed by atoms with E-state index in [-0.39, 0.29) is 6.61 Å². The molecule has 1 aliphatic rings. The maximum absolute atomic E-state index is 9.15. The van der Waals surface area contributed by atoms with Crippen molar-refractivity contribution >= 4 is 0 Å². The summed E-state index contributed by atoms with van der Waals surface area (Å²) in [6, 6.07) is 1.63. The average molecular weight is 159 g/mol. The van der Waals surface area contributed by atoms with Crippen molar-refractivity contribution in [3.05, 3.63) is 0 Å². The van der Waals surface area contributed by atoms with Gasteiger partial charge in [-0.1, -0.05) is 0 Å². The highest BCUT2D eigenvalue weighted by Crippen LogP contribution is 2.25. The van der Waals surface area contributed by atoms with E-state index in [1.54, 1.807) is 6.07 Å². The Morgan fingerprint density at radius 3 is 2.45 bits per heavy atom. The molecular formula is C6H9NO4. The van der Waals surface area contributed by atoms with Crippen LogP contribution < -0.4 is 0 Å². The first-order valence-corrected chi connectivity index (χ1v) is 3.18. The monoisotopic (exact) mass is 159 g/mol. The molecule has 5 heteroatoms. The molecule has 1 fully saturated rings. The molecule has 0 aromatic rings. The molecule has 0 aromatic heterocycles. The van der Waals surface area contributed by atoms with Crippen LogP contribution in [0.3, 0.4) is 0 Å². The topological polar surface area (TPSA) is 93.7 Å². The molecule has 62 valence electrons. The molecule has 3 unspecified atom stereocenters. The molecular weight excluding hydrogens is 150 g/mol. The number of nitriles is 1. The Morgan fingerprint density at radius 1 is 1.64 bits per heavy atom. The molecule has 0 aromatic carbocycles. The Kier molecular flexibility index (Phi) is 2.11. The fourth-order valence-corrected chi connectivity index (χ4v) is 0.994. The van der Waals surface area contributed by atoms with Crippen molar-refractivity contribution in [3.63, 3.8) is 0 Å². The van der Waals surface area contributed by atoms with E-state index in [2.05, 4.69) is 0 Å². The van der Waals surface area contributed by atoms with Gasteiger partial charge in [0.15, 0.2) is 0 Å². The zero-order valence-electron chi connectivity index (χ0n) is 5.77. The Balaban J connectivity index is 2.80. The van der Waals surface area contributed by atoms with Gasteiger partial charge in [0.1, 0.15) is 18.3 Å². The quantitative estimate of drug-likeness (QED) is 0.411. The zero-order chi connectivity index (χ0) is 8.48. The minimum Gasteiger partial charge on any atom is -0.392 e. The molecule has 11 heavy (non-hydrogen) atoms. The van der Waals surface area contributed by atoms with Crippen LogP contribution in [0, 0.1) is 11.3 Å². The van der Waals surface area contributed by atoms with Gasteiger partial charge in [0.25, 0.3) is 0 Å². The first kappa shape index (κ1) is 8.43. The van der Waals surface area contributed by atoms with Crippen LogP contribution in [-0.4, -0.2) is 46.3 Å². The van der Waals surface area contributed by atoms with Crippen molar-refractivity contribution in [2.45, 2.75) is 17.8 Å². The number of aliphatic hydroxyl groups is 3. The zero-order valence-corrected chi connectivity index (χ0v) is 5.77. The van der Waals surface area contributed by atoms with Crippen LogP contribution in [0.25, 0.3) is 0 Å². The van der Waals surface area contributed by atoms with E-state index in [4.69, 9.17) is 25.3 Å². The molecule has 0 saturated carbocycles. The van der Waals surface area contributed by atoms with Gasteiger partial charge in [0.2, 0.25) is 5.60 Å². The summed E-state index contributed by atoms with van der Waals surface area (Å²) in [6.45, 7) is -0.725. The summed E-state index contributed by atoms with van der Waals surface area (Å²) in [7, 11) is 0. The fourth-order valence-electron chi connectivity index (χ4n) is 0.994. The third-order valence-electron chi connectivity index (χ3n) is 1.78. The average Bonchev–Trinajstić information content (AvgIpc) is 2.32. The third kappa shape index (κ3) is 1.10. The van der Waals surface area contributed by atoms with E-state index in [0.29, 0.717) is 0 Å². The number of hydrogen-bond donors (Lipinski definition) is 3. The van der Waals surface area contributed by atoms with Gasteiger partial charge in [-0.2, -0.15) is 5.26 Å². The van der Waals surface area contributed by atoms with Crippen LogP contribution in [0.15, 0.2) is 0 Å². The second kappa shape index (κ2) is 2.75. The molecule has 1 saturated heterocycles. The molecule has 0 bridgehead atoms. The van der Waals surface area contributed by atoms with Gasteiger partial charge in [-0.25, -0.2) is 0 Å². The van der Waals surface area contributed by atoms with Crippen LogP contribution in [0.5, 0.6) is 0 Å². The predicted octanol–water partition coefficient (Wildman–Crippen LogP) is -2.01. The highest BCUT2D eigenvalue weighted by Gasteiger charge is 2.49. The molecule has 1 aliphatic heterocycles. The Labute approximate surface area is 63.4 Å². The van der Waals surface area contributed by atoms with Gasteiger partial charge in [-0.05, 0) is 0 Å². The predicted molar refractivity (Wildman–Crippen MR) is 33.4 cm³/mol. The van der Waals surface area contributed by atoms with Crippen molar-refractivity contribution in [2.75, 3.05) is 13.2 Å². The van der Waals surface area contributed by atoms with E-state index in [9.17, 15) is 0 Å². The molecule has 0 spiro atoms. The van der Waals surface area contributed by atoms with Crippen molar-refractivity contribution in [2.24, 2.45) is 0 Å². The Morgan fingerprint density at radius 2 is 2.27 bits per heavy atom. The summed E-state index contributed by atoms with van der Waals surface area (Å²) in [4.78, 5) is 0. The number of rotatable bonds is 1. The summed E-state index contributed by atoms with van der Waals surface area (Å²) < 4.78 is 4.75. The van der Waals surface area contributed by atoms with Crippen LogP contribution in [-0.2, 0) is 4.74 Å².